The lowest BCUT2D eigenvalue weighted by Crippen LogP contribution is -2.31. The van der Waals surface area contributed by atoms with Crippen LogP contribution in [0.3, 0.4) is 0 Å². The molecule has 0 aliphatic rings. The van der Waals surface area contributed by atoms with Gasteiger partial charge in [-0.2, -0.15) is 5.10 Å². The highest BCUT2D eigenvalue weighted by atomic mass is 15.3. The van der Waals surface area contributed by atoms with Crippen LogP contribution in [0.1, 0.15) is 33.5 Å². The van der Waals surface area contributed by atoms with Crippen LogP contribution in [0.15, 0.2) is 6.33 Å². The van der Waals surface area contributed by atoms with Crippen molar-refractivity contribution in [2.45, 2.75) is 46.8 Å². The molecule has 4 nitrogen and oxygen atoms in total. The molecular weight excluding hydrogens is 176 g/mol. The molecule has 14 heavy (non-hydrogen) atoms. The van der Waals surface area contributed by atoms with Crippen molar-refractivity contribution in [1.29, 1.82) is 0 Å². The summed E-state index contributed by atoms with van der Waals surface area (Å²) in [6.07, 6.45) is 1.61. The van der Waals surface area contributed by atoms with Crippen LogP contribution in [0.4, 0.5) is 0 Å². The zero-order chi connectivity index (χ0) is 10.6. The standard InChI is InChI=1S/C10H20N4/c1-5-14-10(12-7-13-14)6-11-9(4)8(2)3/h7-9,11H,5-6H2,1-4H3. The first-order valence-corrected chi connectivity index (χ1v) is 5.25. The van der Waals surface area contributed by atoms with Crippen molar-refractivity contribution in [1.82, 2.24) is 20.1 Å². The predicted octanol–water partition coefficient (Wildman–Crippen LogP) is 1.43. The van der Waals surface area contributed by atoms with Crippen LogP contribution < -0.4 is 5.32 Å². The van der Waals surface area contributed by atoms with E-state index in [1.807, 2.05) is 4.68 Å². The molecule has 0 saturated carbocycles. The first kappa shape index (κ1) is 11.2. The van der Waals surface area contributed by atoms with Crippen LogP contribution in [0.5, 0.6) is 0 Å². The zero-order valence-electron chi connectivity index (χ0n) is 9.49. The average molecular weight is 196 g/mol. The van der Waals surface area contributed by atoms with Crippen LogP contribution in [-0.4, -0.2) is 20.8 Å². The molecule has 1 N–H and O–H groups in total. The molecule has 1 unspecified atom stereocenters. The van der Waals surface area contributed by atoms with Gasteiger partial charge in [0, 0.05) is 12.6 Å². The van der Waals surface area contributed by atoms with E-state index in [1.165, 1.54) is 0 Å². The fourth-order valence-corrected chi connectivity index (χ4v) is 1.18. The largest absolute Gasteiger partial charge is 0.307 e. The van der Waals surface area contributed by atoms with Gasteiger partial charge in [-0.05, 0) is 19.8 Å². The molecular formula is C10H20N4. The van der Waals surface area contributed by atoms with Crippen LogP contribution in [0, 0.1) is 5.92 Å². The van der Waals surface area contributed by atoms with Crippen molar-refractivity contribution in [3.8, 4) is 0 Å². The van der Waals surface area contributed by atoms with E-state index in [0.29, 0.717) is 12.0 Å². The van der Waals surface area contributed by atoms with Gasteiger partial charge in [-0.1, -0.05) is 13.8 Å². The summed E-state index contributed by atoms with van der Waals surface area (Å²) >= 11 is 0. The van der Waals surface area contributed by atoms with Crippen molar-refractivity contribution in [3.63, 3.8) is 0 Å². The number of hydrogen-bond donors (Lipinski definition) is 1. The SMILES string of the molecule is CCn1ncnc1CNC(C)C(C)C. The van der Waals surface area contributed by atoms with Crippen molar-refractivity contribution in [3.05, 3.63) is 12.2 Å². The third kappa shape index (κ3) is 2.80. The minimum absolute atomic E-state index is 0.511. The van der Waals surface area contributed by atoms with Gasteiger partial charge in [0.2, 0.25) is 0 Å². The summed E-state index contributed by atoms with van der Waals surface area (Å²) in [5.41, 5.74) is 0. The lowest BCUT2D eigenvalue weighted by molar-refractivity contribution is 0.414. The van der Waals surface area contributed by atoms with Gasteiger partial charge >= 0.3 is 0 Å². The summed E-state index contributed by atoms with van der Waals surface area (Å²) < 4.78 is 1.92. The van der Waals surface area contributed by atoms with Gasteiger partial charge in [0.15, 0.2) is 0 Å². The van der Waals surface area contributed by atoms with E-state index in [4.69, 9.17) is 0 Å². The maximum Gasteiger partial charge on any atom is 0.140 e. The Bertz CT molecular complexity index is 267. The van der Waals surface area contributed by atoms with Crippen molar-refractivity contribution >= 4 is 0 Å². The molecule has 1 aromatic rings. The number of nitrogens with one attached hydrogen (secondary N) is 1. The van der Waals surface area contributed by atoms with Gasteiger partial charge in [-0.3, -0.25) is 0 Å². The van der Waals surface area contributed by atoms with Crippen molar-refractivity contribution in [2.24, 2.45) is 5.92 Å². The van der Waals surface area contributed by atoms with Crippen LogP contribution >= 0.6 is 0 Å². The van der Waals surface area contributed by atoms with Crippen LogP contribution in [0.2, 0.25) is 0 Å². The highest BCUT2D eigenvalue weighted by molar-refractivity contribution is 4.84. The van der Waals surface area contributed by atoms with E-state index >= 15 is 0 Å². The van der Waals surface area contributed by atoms with Crippen LogP contribution in [0.25, 0.3) is 0 Å². The Hall–Kier alpha value is -0.900. The third-order valence-corrected chi connectivity index (χ3v) is 2.58. The Morgan fingerprint density at radius 3 is 2.71 bits per heavy atom. The molecule has 0 saturated heterocycles. The van der Waals surface area contributed by atoms with Crippen molar-refractivity contribution < 1.29 is 0 Å². The molecule has 0 fully saturated rings. The summed E-state index contributed by atoms with van der Waals surface area (Å²) in [4.78, 5) is 4.21. The second-order valence-corrected chi connectivity index (χ2v) is 3.91. The average Bonchev–Trinajstić information content (AvgIpc) is 2.60. The number of hydrogen-bond acceptors (Lipinski definition) is 3. The fourth-order valence-electron chi connectivity index (χ4n) is 1.18. The second kappa shape index (κ2) is 5.10. The molecule has 0 spiro atoms. The topological polar surface area (TPSA) is 42.7 Å². The molecule has 1 aromatic heterocycles. The Morgan fingerprint density at radius 2 is 2.14 bits per heavy atom. The van der Waals surface area contributed by atoms with E-state index in [1.54, 1.807) is 6.33 Å². The minimum atomic E-state index is 0.511. The molecule has 0 bridgehead atoms. The molecule has 0 amide bonds. The van der Waals surface area contributed by atoms with Gasteiger partial charge in [-0.25, -0.2) is 9.67 Å². The highest BCUT2D eigenvalue weighted by Crippen LogP contribution is 2.01. The normalized spacial score (nSPS) is 13.5. The summed E-state index contributed by atoms with van der Waals surface area (Å²) in [6, 6.07) is 0.511. The summed E-state index contributed by atoms with van der Waals surface area (Å²) in [5, 5.41) is 7.56. The van der Waals surface area contributed by atoms with Gasteiger partial charge in [0.25, 0.3) is 0 Å². The van der Waals surface area contributed by atoms with Crippen molar-refractivity contribution in [2.75, 3.05) is 0 Å². The quantitative estimate of drug-likeness (QED) is 0.774. The Morgan fingerprint density at radius 1 is 1.43 bits per heavy atom. The fraction of sp³-hybridized carbons (Fsp3) is 0.800. The van der Waals surface area contributed by atoms with Gasteiger partial charge < -0.3 is 5.32 Å². The first-order chi connectivity index (χ1) is 6.65. The van der Waals surface area contributed by atoms with Gasteiger partial charge in [-0.15, -0.1) is 0 Å². The second-order valence-electron chi connectivity index (χ2n) is 3.91. The smallest absolute Gasteiger partial charge is 0.140 e. The summed E-state index contributed by atoms with van der Waals surface area (Å²) in [6.45, 7) is 10.4. The van der Waals surface area contributed by atoms with E-state index in [2.05, 4.69) is 43.1 Å². The maximum atomic E-state index is 4.21. The number of aryl methyl sites for hydroxylation is 1. The van der Waals surface area contributed by atoms with E-state index < -0.39 is 0 Å². The highest BCUT2D eigenvalue weighted by Gasteiger charge is 2.08. The van der Waals surface area contributed by atoms with E-state index in [0.717, 1.165) is 18.9 Å². The molecule has 1 rings (SSSR count). The molecule has 0 aliphatic heterocycles. The number of nitrogens with zero attached hydrogens (tertiary/aromatic N) is 3. The summed E-state index contributed by atoms with van der Waals surface area (Å²) in [5.74, 6) is 1.66. The minimum Gasteiger partial charge on any atom is -0.307 e. The zero-order valence-corrected chi connectivity index (χ0v) is 9.49. The first-order valence-electron chi connectivity index (χ1n) is 5.25. The van der Waals surface area contributed by atoms with Gasteiger partial charge in [0.05, 0.1) is 6.54 Å². The predicted molar refractivity (Wildman–Crippen MR) is 56.8 cm³/mol. The Labute approximate surface area is 85.7 Å². The monoisotopic (exact) mass is 196 g/mol. The third-order valence-electron chi connectivity index (χ3n) is 2.58. The molecule has 1 heterocycles. The molecule has 0 aliphatic carbocycles. The molecule has 0 radical (unpaired) electrons. The summed E-state index contributed by atoms with van der Waals surface area (Å²) in [7, 11) is 0. The molecule has 0 aromatic carbocycles. The Balaban J connectivity index is 2.45. The maximum absolute atomic E-state index is 4.21. The molecule has 80 valence electrons. The Kier molecular flexibility index (Phi) is 4.07. The lowest BCUT2D eigenvalue weighted by atomic mass is 10.1. The lowest BCUT2D eigenvalue weighted by Gasteiger charge is -2.16. The van der Waals surface area contributed by atoms with E-state index in [-0.39, 0.29) is 0 Å². The van der Waals surface area contributed by atoms with Crippen LogP contribution in [-0.2, 0) is 13.1 Å². The molecule has 1 atom stereocenters. The number of aromatic nitrogens is 3. The van der Waals surface area contributed by atoms with Gasteiger partial charge in [0.1, 0.15) is 12.2 Å². The number of rotatable bonds is 5. The molecule has 4 heteroatoms. The van der Waals surface area contributed by atoms with E-state index in [9.17, 15) is 0 Å².